The molecule has 0 saturated heterocycles. The van der Waals surface area contributed by atoms with E-state index < -0.39 is 0 Å². The number of thioether (sulfide) groups is 1. The van der Waals surface area contributed by atoms with Gasteiger partial charge in [-0.15, -0.1) is 0 Å². The van der Waals surface area contributed by atoms with Crippen molar-refractivity contribution in [1.29, 1.82) is 0 Å². The summed E-state index contributed by atoms with van der Waals surface area (Å²) in [7, 11) is 1.64. The molecule has 0 radical (unpaired) electrons. The first-order chi connectivity index (χ1) is 15.0. The molecule has 1 aromatic heterocycles. The van der Waals surface area contributed by atoms with Gasteiger partial charge in [0.25, 0.3) is 5.56 Å². The minimum Gasteiger partial charge on any atom is -0.385 e. The van der Waals surface area contributed by atoms with Gasteiger partial charge in [-0.3, -0.25) is 14.2 Å². The zero-order valence-electron chi connectivity index (χ0n) is 18.3. The second-order valence-electron chi connectivity index (χ2n) is 7.48. The van der Waals surface area contributed by atoms with E-state index >= 15 is 0 Å². The minimum atomic E-state index is -0.132. The van der Waals surface area contributed by atoms with Gasteiger partial charge in [-0.25, -0.2) is 4.98 Å². The molecule has 164 valence electrons. The lowest BCUT2D eigenvalue weighted by molar-refractivity contribution is -0.113. The standard InChI is InChI=1S/C24H29N3O3S/c1-4-17(2)18-10-12-19(13-11-18)25-22(28)16-31-24-26-21-9-6-5-8-20(21)23(29)27(24)14-7-15-30-3/h5-6,8-13,17H,4,7,14-16H2,1-3H3,(H,25,28)/t17-/m0/s1. The van der Waals surface area contributed by atoms with Gasteiger partial charge in [-0.05, 0) is 48.6 Å². The summed E-state index contributed by atoms with van der Waals surface area (Å²) in [5.74, 6) is 0.531. The number of carbonyl (C=O) groups is 1. The van der Waals surface area contributed by atoms with Crippen LogP contribution in [0.5, 0.6) is 0 Å². The molecule has 1 heterocycles. The summed E-state index contributed by atoms with van der Waals surface area (Å²) in [4.78, 5) is 30.1. The Morgan fingerprint density at radius 2 is 1.94 bits per heavy atom. The van der Waals surface area contributed by atoms with Gasteiger partial charge in [0.15, 0.2) is 5.16 Å². The second-order valence-corrected chi connectivity index (χ2v) is 8.43. The first-order valence-corrected chi connectivity index (χ1v) is 11.5. The highest BCUT2D eigenvalue weighted by Crippen LogP contribution is 2.22. The van der Waals surface area contributed by atoms with Crippen molar-refractivity contribution in [1.82, 2.24) is 9.55 Å². The zero-order valence-corrected chi connectivity index (χ0v) is 19.1. The summed E-state index contributed by atoms with van der Waals surface area (Å²) in [5, 5.41) is 4.05. The van der Waals surface area contributed by atoms with Crippen LogP contribution in [-0.4, -0.2) is 34.9 Å². The Hall–Kier alpha value is -2.64. The van der Waals surface area contributed by atoms with E-state index in [2.05, 4.69) is 36.3 Å². The van der Waals surface area contributed by atoms with Gasteiger partial charge in [-0.2, -0.15) is 0 Å². The van der Waals surface area contributed by atoms with Crippen molar-refractivity contribution in [3.63, 3.8) is 0 Å². The quantitative estimate of drug-likeness (QED) is 0.282. The fourth-order valence-corrected chi connectivity index (χ4v) is 4.11. The molecule has 0 spiro atoms. The van der Waals surface area contributed by atoms with Crippen molar-refractivity contribution in [2.45, 2.75) is 44.3 Å². The molecule has 2 aromatic carbocycles. The van der Waals surface area contributed by atoms with E-state index in [0.717, 1.165) is 12.1 Å². The fraction of sp³-hybridized carbons (Fsp3) is 0.375. The average molecular weight is 440 g/mol. The lowest BCUT2D eigenvalue weighted by Gasteiger charge is -2.13. The molecule has 31 heavy (non-hydrogen) atoms. The van der Waals surface area contributed by atoms with Gasteiger partial charge in [0, 0.05) is 25.9 Å². The van der Waals surface area contributed by atoms with Gasteiger partial charge in [0.2, 0.25) is 5.91 Å². The molecule has 3 aromatic rings. The maximum atomic E-state index is 13.0. The summed E-state index contributed by atoms with van der Waals surface area (Å²) >= 11 is 1.27. The van der Waals surface area contributed by atoms with E-state index in [0.29, 0.717) is 41.5 Å². The van der Waals surface area contributed by atoms with Crippen molar-refractivity contribution in [3.05, 3.63) is 64.4 Å². The molecule has 3 rings (SSSR count). The van der Waals surface area contributed by atoms with Crippen LogP contribution in [-0.2, 0) is 16.1 Å². The van der Waals surface area contributed by atoms with Crippen LogP contribution >= 0.6 is 11.8 Å². The highest BCUT2D eigenvalue weighted by Gasteiger charge is 2.13. The number of methoxy groups -OCH3 is 1. The number of anilines is 1. The van der Waals surface area contributed by atoms with Crippen molar-refractivity contribution in [2.24, 2.45) is 0 Å². The lowest BCUT2D eigenvalue weighted by Crippen LogP contribution is -2.25. The van der Waals surface area contributed by atoms with Gasteiger partial charge in [0.05, 0.1) is 16.7 Å². The van der Waals surface area contributed by atoms with Gasteiger partial charge >= 0.3 is 0 Å². The zero-order chi connectivity index (χ0) is 22.2. The van der Waals surface area contributed by atoms with Crippen LogP contribution in [0.3, 0.4) is 0 Å². The fourth-order valence-electron chi connectivity index (χ4n) is 3.28. The van der Waals surface area contributed by atoms with Crippen LogP contribution in [0.4, 0.5) is 5.69 Å². The maximum absolute atomic E-state index is 13.0. The molecule has 7 heteroatoms. The number of hydrogen-bond donors (Lipinski definition) is 1. The number of aromatic nitrogens is 2. The molecule has 0 aliphatic heterocycles. The van der Waals surface area contributed by atoms with E-state index in [1.165, 1.54) is 17.3 Å². The third kappa shape index (κ3) is 5.95. The van der Waals surface area contributed by atoms with E-state index in [1.807, 2.05) is 30.3 Å². The molecule has 0 aliphatic rings. The Balaban J connectivity index is 1.72. The number of amides is 1. The summed E-state index contributed by atoms with van der Waals surface area (Å²) in [6, 6.07) is 15.2. The van der Waals surface area contributed by atoms with E-state index in [1.54, 1.807) is 17.7 Å². The summed E-state index contributed by atoms with van der Waals surface area (Å²) in [6.45, 7) is 5.39. The Bertz CT molecular complexity index is 1080. The number of hydrogen-bond acceptors (Lipinski definition) is 5. The molecule has 0 unspecified atom stereocenters. The Morgan fingerprint density at radius 3 is 2.65 bits per heavy atom. The Morgan fingerprint density at radius 1 is 1.19 bits per heavy atom. The monoisotopic (exact) mass is 439 g/mol. The molecule has 0 saturated carbocycles. The largest absolute Gasteiger partial charge is 0.385 e. The molecular formula is C24H29N3O3S. The molecule has 0 aliphatic carbocycles. The van der Waals surface area contributed by atoms with E-state index in [9.17, 15) is 9.59 Å². The topological polar surface area (TPSA) is 73.2 Å². The SMILES string of the molecule is CC[C@H](C)c1ccc(NC(=O)CSc2nc3ccccc3c(=O)n2CCCOC)cc1. The molecule has 0 bridgehead atoms. The Kier molecular flexibility index (Phi) is 8.26. The molecule has 1 N–H and O–H groups in total. The maximum Gasteiger partial charge on any atom is 0.262 e. The van der Waals surface area contributed by atoms with E-state index in [4.69, 9.17) is 4.74 Å². The summed E-state index contributed by atoms with van der Waals surface area (Å²) < 4.78 is 6.76. The van der Waals surface area contributed by atoms with Crippen molar-refractivity contribution >= 4 is 34.3 Å². The number of rotatable bonds is 10. The molecular weight excluding hydrogens is 410 g/mol. The third-order valence-electron chi connectivity index (χ3n) is 5.27. The molecule has 1 atom stereocenters. The normalized spacial score (nSPS) is 12.1. The number of ether oxygens (including phenoxy) is 1. The smallest absolute Gasteiger partial charge is 0.262 e. The lowest BCUT2D eigenvalue weighted by atomic mass is 9.99. The minimum absolute atomic E-state index is 0.0924. The number of carbonyl (C=O) groups excluding carboxylic acids is 1. The second kappa shape index (κ2) is 11.1. The first-order valence-electron chi connectivity index (χ1n) is 10.5. The summed E-state index contributed by atoms with van der Waals surface area (Å²) in [5.41, 5.74) is 2.57. The van der Waals surface area contributed by atoms with Gasteiger partial charge in [0.1, 0.15) is 0 Å². The highest BCUT2D eigenvalue weighted by molar-refractivity contribution is 7.99. The van der Waals surface area contributed by atoms with Crippen molar-refractivity contribution in [2.75, 3.05) is 24.8 Å². The number of nitrogens with zero attached hydrogens (tertiary/aromatic N) is 2. The van der Waals surface area contributed by atoms with Crippen LogP contribution in [0.2, 0.25) is 0 Å². The van der Waals surface area contributed by atoms with Crippen molar-refractivity contribution < 1.29 is 9.53 Å². The van der Waals surface area contributed by atoms with E-state index in [-0.39, 0.29) is 17.2 Å². The van der Waals surface area contributed by atoms with Crippen LogP contribution < -0.4 is 10.9 Å². The molecule has 0 fully saturated rings. The number of para-hydroxylation sites is 1. The van der Waals surface area contributed by atoms with Crippen molar-refractivity contribution in [3.8, 4) is 0 Å². The van der Waals surface area contributed by atoms with Crippen LogP contribution in [0.25, 0.3) is 10.9 Å². The molecule has 6 nitrogen and oxygen atoms in total. The number of nitrogens with one attached hydrogen (secondary N) is 1. The van der Waals surface area contributed by atoms with Crippen LogP contribution in [0.1, 0.15) is 38.2 Å². The third-order valence-corrected chi connectivity index (χ3v) is 6.24. The van der Waals surface area contributed by atoms with Gasteiger partial charge in [-0.1, -0.05) is 49.9 Å². The van der Waals surface area contributed by atoms with Gasteiger partial charge < -0.3 is 10.1 Å². The summed E-state index contributed by atoms with van der Waals surface area (Å²) in [6.07, 6.45) is 1.77. The number of benzene rings is 2. The van der Waals surface area contributed by atoms with Crippen LogP contribution in [0.15, 0.2) is 58.5 Å². The Labute approximate surface area is 187 Å². The average Bonchev–Trinajstić information content (AvgIpc) is 2.79. The number of fused-ring (bicyclic) bond motifs is 1. The highest BCUT2D eigenvalue weighted by atomic mass is 32.2. The predicted octanol–water partition coefficient (Wildman–Crippen LogP) is 4.68. The van der Waals surface area contributed by atoms with Crippen LogP contribution in [0, 0.1) is 0 Å². The molecule has 1 amide bonds. The first kappa shape index (κ1) is 23.0. The predicted molar refractivity (Wildman–Crippen MR) is 127 cm³/mol.